The molecule has 3 heterocycles. The van der Waals surface area contributed by atoms with E-state index in [4.69, 9.17) is 0 Å². The Morgan fingerprint density at radius 2 is 1.90 bits per heavy atom. The van der Waals surface area contributed by atoms with E-state index in [0.29, 0.717) is 32.1 Å². The van der Waals surface area contributed by atoms with Crippen LogP contribution in [0.2, 0.25) is 0 Å². The van der Waals surface area contributed by atoms with Gasteiger partial charge in [-0.05, 0) is 6.07 Å². The topological polar surface area (TPSA) is 61.4 Å². The fraction of sp³-hybridized carbons (Fsp3) is 0.615. The first kappa shape index (κ1) is 14.1. The van der Waals surface area contributed by atoms with E-state index in [1.807, 2.05) is 4.90 Å². The third-order valence-corrected chi connectivity index (χ3v) is 3.83. The maximum Gasteiger partial charge on any atom is 0.262 e. The second-order valence-electron chi connectivity index (χ2n) is 5.35. The summed E-state index contributed by atoms with van der Waals surface area (Å²) in [6, 6.07) is 0.981. The standard InChI is InChI=1S/C13H17F2N5O/c14-13(15)8-10(18-9-13)11(21)19-4-6-20(7-5-19)12-16-2-1-3-17-12/h1-3,10,18H,4-9H2. The molecule has 8 heteroatoms. The molecule has 1 aromatic heterocycles. The maximum atomic E-state index is 13.1. The summed E-state index contributed by atoms with van der Waals surface area (Å²) in [5.41, 5.74) is 0. The lowest BCUT2D eigenvalue weighted by Crippen LogP contribution is -2.53. The molecule has 1 aromatic rings. The Morgan fingerprint density at radius 1 is 1.24 bits per heavy atom. The molecule has 0 spiro atoms. The fourth-order valence-electron chi connectivity index (χ4n) is 2.69. The van der Waals surface area contributed by atoms with E-state index < -0.39 is 24.9 Å². The van der Waals surface area contributed by atoms with Gasteiger partial charge in [0, 0.05) is 45.0 Å². The number of anilines is 1. The summed E-state index contributed by atoms with van der Waals surface area (Å²) in [6.07, 6.45) is 2.93. The van der Waals surface area contributed by atoms with Crippen molar-refractivity contribution in [3.8, 4) is 0 Å². The average Bonchev–Trinajstić information content (AvgIpc) is 2.88. The lowest BCUT2D eigenvalue weighted by Gasteiger charge is -2.35. The van der Waals surface area contributed by atoms with Crippen molar-refractivity contribution in [3.63, 3.8) is 0 Å². The van der Waals surface area contributed by atoms with E-state index in [1.54, 1.807) is 23.4 Å². The highest BCUT2D eigenvalue weighted by molar-refractivity contribution is 5.82. The Morgan fingerprint density at radius 3 is 2.48 bits per heavy atom. The number of aromatic nitrogens is 2. The predicted octanol–water partition coefficient (Wildman–Crippen LogP) is 0.122. The predicted molar refractivity (Wildman–Crippen MR) is 72.2 cm³/mol. The summed E-state index contributed by atoms with van der Waals surface area (Å²) >= 11 is 0. The molecule has 0 radical (unpaired) electrons. The number of hydrogen-bond donors (Lipinski definition) is 1. The molecule has 1 amide bonds. The van der Waals surface area contributed by atoms with Crippen LogP contribution in [0.15, 0.2) is 18.5 Å². The van der Waals surface area contributed by atoms with E-state index >= 15 is 0 Å². The summed E-state index contributed by atoms with van der Waals surface area (Å²) < 4.78 is 26.3. The van der Waals surface area contributed by atoms with Gasteiger partial charge in [-0.25, -0.2) is 18.7 Å². The number of piperazine rings is 1. The van der Waals surface area contributed by atoms with Gasteiger partial charge in [0.2, 0.25) is 11.9 Å². The van der Waals surface area contributed by atoms with Crippen LogP contribution in [0.4, 0.5) is 14.7 Å². The van der Waals surface area contributed by atoms with Crippen LogP contribution in [0.5, 0.6) is 0 Å². The lowest BCUT2D eigenvalue weighted by atomic mass is 10.1. The Bertz CT molecular complexity index is 505. The van der Waals surface area contributed by atoms with Crippen molar-refractivity contribution in [2.45, 2.75) is 18.4 Å². The molecule has 0 aliphatic carbocycles. The van der Waals surface area contributed by atoms with Gasteiger partial charge in [0.15, 0.2) is 0 Å². The number of rotatable bonds is 2. The molecule has 21 heavy (non-hydrogen) atoms. The minimum atomic E-state index is -2.78. The zero-order chi connectivity index (χ0) is 14.9. The molecule has 1 unspecified atom stereocenters. The van der Waals surface area contributed by atoms with Crippen LogP contribution >= 0.6 is 0 Å². The van der Waals surface area contributed by atoms with Crippen molar-refractivity contribution in [2.75, 3.05) is 37.6 Å². The number of amides is 1. The Labute approximate surface area is 121 Å². The molecule has 6 nitrogen and oxygen atoms in total. The summed E-state index contributed by atoms with van der Waals surface area (Å²) in [7, 11) is 0. The molecular formula is C13H17F2N5O. The van der Waals surface area contributed by atoms with Crippen molar-refractivity contribution in [3.05, 3.63) is 18.5 Å². The lowest BCUT2D eigenvalue weighted by molar-refractivity contribution is -0.134. The van der Waals surface area contributed by atoms with E-state index in [-0.39, 0.29) is 5.91 Å². The van der Waals surface area contributed by atoms with Gasteiger partial charge >= 0.3 is 0 Å². The molecule has 2 aliphatic heterocycles. The van der Waals surface area contributed by atoms with Gasteiger partial charge < -0.3 is 9.80 Å². The van der Waals surface area contributed by atoms with Gasteiger partial charge in [-0.15, -0.1) is 0 Å². The number of hydrogen-bond acceptors (Lipinski definition) is 5. The fourth-order valence-corrected chi connectivity index (χ4v) is 2.69. The third kappa shape index (κ3) is 3.10. The zero-order valence-electron chi connectivity index (χ0n) is 11.5. The molecule has 0 aromatic carbocycles. The Hall–Kier alpha value is -1.83. The van der Waals surface area contributed by atoms with Crippen molar-refractivity contribution >= 4 is 11.9 Å². The summed E-state index contributed by atoms with van der Waals surface area (Å²) in [4.78, 5) is 24.2. The molecular weight excluding hydrogens is 280 g/mol. The number of alkyl halides is 2. The van der Waals surface area contributed by atoms with E-state index in [2.05, 4.69) is 15.3 Å². The van der Waals surface area contributed by atoms with Crippen LogP contribution in [0.25, 0.3) is 0 Å². The highest BCUT2D eigenvalue weighted by atomic mass is 19.3. The monoisotopic (exact) mass is 297 g/mol. The van der Waals surface area contributed by atoms with Crippen LogP contribution in [0.3, 0.4) is 0 Å². The molecule has 2 fully saturated rings. The second kappa shape index (κ2) is 5.51. The Kier molecular flexibility index (Phi) is 3.71. The van der Waals surface area contributed by atoms with Gasteiger partial charge in [0.05, 0.1) is 12.6 Å². The molecule has 0 bridgehead atoms. The normalized spacial score (nSPS) is 25.1. The van der Waals surface area contributed by atoms with Crippen molar-refractivity contribution < 1.29 is 13.6 Å². The summed E-state index contributed by atoms with van der Waals surface area (Å²) in [5, 5.41) is 2.61. The van der Waals surface area contributed by atoms with Crippen molar-refractivity contribution in [1.29, 1.82) is 0 Å². The molecule has 3 rings (SSSR count). The van der Waals surface area contributed by atoms with Crippen LogP contribution in [-0.4, -0.2) is 65.5 Å². The van der Waals surface area contributed by atoms with Crippen LogP contribution in [-0.2, 0) is 4.79 Å². The minimum absolute atomic E-state index is 0.235. The first-order valence-corrected chi connectivity index (χ1v) is 6.97. The second-order valence-corrected chi connectivity index (χ2v) is 5.35. The summed E-state index contributed by atoms with van der Waals surface area (Å²) in [5.74, 6) is -2.38. The molecule has 2 saturated heterocycles. The largest absolute Gasteiger partial charge is 0.338 e. The Balaban J connectivity index is 1.55. The van der Waals surface area contributed by atoms with Gasteiger partial charge in [-0.1, -0.05) is 0 Å². The molecule has 2 aliphatic rings. The number of carbonyl (C=O) groups is 1. The van der Waals surface area contributed by atoms with Gasteiger partial charge in [0.25, 0.3) is 5.92 Å². The third-order valence-electron chi connectivity index (χ3n) is 3.83. The number of nitrogens with zero attached hydrogens (tertiary/aromatic N) is 4. The minimum Gasteiger partial charge on any atom is -0.338 e. The first-order chi connectivity index (χ1) is 10.1. The van der Waals surface area contributed by atoms with E-state index in [0.717, 1.165) is 0 Å². The number of halogens is 2. The number of nitrogens with one attached hydrogen (secondary N) is 1. The maximum absolute atomic E-state index is 13.1. The average molecular weight is 297 g/mol. The van der Waals surface area contributed by atoms with Crippen molar-refractivity contribution in [2.24, 2.45) is 0 Å². The SMILES string of the molecule is O=C(C1CC(F)(F)CN1)N1CCN(c2ncccn2)CC1. The summed E-state index contributed by atoms with van der Waals surface area (Å²) in [6.45, 7) is 1.81. The van der Waals surface area contributed by atoms with Gasteiger partial charge in [-0.2, -0.15) is 0 Å². The highest BCUT2D eigenvalue weighted by Crippen LogP contribution is 2.26. The quantitative estimate of drug-likeness (QED) is 0.840. The van der Waals surface area contributed by atoms with Crippen molar-refractivity contribution in [1.82, 2.24) is 20.2 Å². The van der Waals surface area contributed by atoms with Crippen LogP contribution in [0.1, 0.15) is 6.42 Å². The first-order valence-electron chi connectivity index (χ1n) is 6.97. The molecule has 1 atom stereocenters. The highest BCUT2D eigenvalue weighted by Gasteiger charge is 2.43. The van der Waals surface area contributed by atoms with Gasteiger partial charge in [0.1, 0.15) is 0 Å². The molecule has 114 valence electrons. The van der Waals surface area contributed by atoms with Crippen LogP contribution < -0.4 is 10.2 Å². The van der Waals surface area contributed by atoms with E-state index in [1.165, 1.54) is 0 Å². The molecule has 1 N–H and O–H groups in total. The van der Waals surface area contributed by atoms with Crippen LogP contribution in [0, 0.1) is 0 Å². The van der Waals surface area contributed by atoms with Gasteiger partial charge in [-0.3, -0.25) is 10.1 Å². The van der Waals surface area contributed by atoms with E-state index in [9.17, 15) is 13.6 Å². The number of carbonyl (C=O) groups excluding carboxylic acids is 1. The molecule has 0 saturated carbocycles. The smallest absolute Gasteiger partial charge is 0.262 e. The zero-order valence-corrected chi connectivity index (χ0v) is 11.5.